The van der Waals surface area contributed by atoms with Crippen LogP contribution in [0.5, 0.6) is 0 Å². The molecule has 2 N–H and O–H groups in total. The maximum Gasteiger partial charge on any atom is 0.234 e. The normalized spacial score (nSPS) is 10.4. The molecule has 1 aromatic heterocycles. The highest BCUT2D eigenvalue weighted by atomic mass is 32.2. The molecule has 0 fully saturated rings. The van der Waals surface area contributed by atoms with Gasteiger partial charge in [-0.3, -0.25) is 9.59 Å². The molecule has 8 heteroatoms. The second-order valence-electron chi connectivity index (χ2n) is 5.23. The van der Waals surface area contributed by atoms with Crippen LogP contribution in [-0.2, 0) is 9.59 Å². The molecule has 0 aliphatic carbocycles. The number of carbonyl (C=O) groups is 2. The van der Waals surface area contributed by atoms with E-state index in [1.54, 1.807) is 0 Å². The molecule has 128 valence electrons. The average molecular weight is 364 g/mol. The standard InChI is InChI=1S/C16H20N4O2S2/c1-3-4-8-13(21)18-15-19-20-16(24-15)23-10-14(22)17-12-7-5-6-11(2)9-12/h5-7,9H,3-4,8,10H2,1-2H3,(H,17,22)(H,18,19,21). The Bertz CT molecular complexity index is 703. The minimum absolute atomic E-state index is 0.0539. The Morgan fingerprint density at radius 3 is 2.79 bits per heavy atom. The van der Waals surface area contributed by atoms with Gasteiger partial charge in [0, 0.05) is 12.1 Å². The predicted octanol–water partition coefficient (Wildman–Crippen LogP) is 3.71. The van der Waals surface area contributed by atoms with Crippen molar-refractivity contribution in [1.29, 1.82) is 0 Å². The largest absolute Gasteiger partial charge is 0.325 e. The summed E-state index contributed by atoms with van der Waals surface area (Å²) >= 11 is 2.57. The molecule has 0 saturated carbocycles. The number of amides is 2. The van der Waals surface area contributed by atoms with E-state index in [4.69, 9.17) is 0 Å². The van der Waals surface area contributed by atoms with E-state index in [0.717, 1.165) is 24.1 Å². The third kappa shape index (κ3) is 6.29. The van der Waals surface area contributed by atoms with Crippen LogP contribution in [0.15, 0.2) is 28.6 Å². The van der Waals surface area contributed by atoms with Gasteiger partial charge in [0.2, 0.25) is 16.9 Å². The van der Waals surface area contributed by atoms with Gasteiger partial charge in [-0.25, -0.2) is 0 Å². The molecule has 0 radical (unpaired) electrons. The van der Waals surface area contributed by atoms with Crippen LogP contribution in [0.25, 0.3) is 0 Å². The molecule has 1 heterocycles. The molecule has 0 atom stereocenters. The number of anilines is 2. The van der Waals surface area contributed by atoms with Crippen molar-refractivity contribution < 1.29 is 9.59 Å². The zero-order valence-electron chi connectivity index (χ0n) is 13.7. The third-order valence-electron chi connectivity index (χ3n) is 3.04. The Kier molecular flexibility index (Phi) is 7.20. The van der Waals surface area contributed by atoms with Crippen molar-refractivity contribution in [3.63, 3.8) is 0 Å². The zero-order valence-corrected chi connectivity index (χ0v) is 15.3. The number of hydrogen-bond acceptors (Lipinski definition) is 6. The summed E-state index contributed by atoms with van der Waals surface area (Å²) in [4.78, 5) is 23.6. The van der Waals surface area contributed by atoms with Gasteiger partial charge in [0.05, 0.1) is 5.75 Å². The average Bonchev–Trinajstić information content (AvgIpc) is 2.98. The van der Waals surface area contributed by atoms with E-state index in [1.807, 2.05) is 38.1 Å². The van der Waals surface area contributed by atoms with Crippen molar-refractivity contribution in [3.05, 3.63) is 29.8 Å². The van der Waals surface area contributed by atoms with Crippen LogP contribution in [0.2, 0.25) is 0 Å². The van der Waals surface area contributed by atoms with Crippen LogP contribution in [-0.4, -0.2) is 27.8 Å². The fraction of sp³-hybridized carbons (Fsp3) is 0.375. The van der Waals surface area contributed by atoms with Gasteiger partial charge < -0.3 is 10.6 Å². The summed E-state index contributed by atoms with van der Waals surface area (Å²) in [6.07, 6.45) is 2.31. The number of benzene rings is 1. The van der Waals surface area contributed by atoms with Gasteiger partial charge in [-0.2, -0.15) is 0 Å². The summed E-state index contributed by atoms with van der Waals surface area (Å²) in [5.41, 5.74) is 1.87. The van der Waals surface area contributed by atoms with E-state index in [9.17, 15) is 9.59 Å². The second kappa shape index (κ2) is 9.39. The Balaban J connectivity index is 1.78. The van der Waals surface area contributed by atoms with Gasteiger partial charge in [0.25, 0.3) is 0 Å². The number of rotatable bonds is 8. The molecule has 1 aromatic carbocycles. The van der Waals surface area contributed by atoms with Gasteiger partial charge in [-0.05, 0) is 31.0 Å². The SMILES string of the molecule is CCCCC(=O)Nc1nnc(SCC(=O)Nc2cccc(C)c2)s1. The summed E-state index contributed by atoms with van der Waals surface area (Å²) in [6, 6.07) is 7.64. The lowest BCUT2D eigenvalue weighted by atomic mass is 10.2. The van der Waals surface area contributed by atoms with E-state index >= 15 is 0 Å². The molecule has 2 rings (SSSR count). The molecular formula is C16H20N4O2S2. The number of aryl methyl sites for hydroxylation is 1. The minimum atomic E-state index is -0.102. The van der Waals surface area contributed by atoms with Crippen LogP contribution in [0.3, 0.4) is 0 Å². The lowest BCUT2D eigenvalue weighted by Crippen LogP contribution is -2.13. The lowest BCUT2D eigenvalue weighted by Gasteiger charge is -2.04. The van der Waals surface area contributed by atoms with E-state index < -0.39 is 0 Å². The highest BCUT2D eigenvalue weighted by Crippen LogP contribution is 2.25. The van der Waals surface area contributed by atoms with Crippen molar-refractivity contribution in [2.24, 2.45) is 0 Å². The lowest BCUT2D eigenvalue weighted by molar-refractivity contribution is -0.116. The first-order valence-electron chi connectivity index (χ1n) is 7.69. The highest BCUT2D eigenvalue weighted by molar-refractivity contribution is 8.01. The third-order valence-corrected chi connectivity index (χ3v) is 5.01. The van der Waals surface area contributed by atoms with Crippen LogP contribution < -0.4 is 10.6 Å². The number of unbranched alkanes of at least 4 members (excludes halogenated alkanes) is 1. The quantitative estimate of drug-likeness (QED) is 0.551. The molecular weight excluding hydrogens is 344 g/mol. The van der Waals surface area contributed by atoms with Gasteiger partial charge in [-0.1, -0.05) is 48.6 Å². The van der Waals surface area contributed by atoms with Crippen molar-refractivity contribution in [2.75, 3.05) is 16.4 Å². The van der Waals surface area contributed by atoms with Gasteiger partial charge in [-0.15, -0.1) is 10.2 Å². The topological polar surface area (TPSA) is 84.0 Å². The predicted molar refractivity (Wildman–Crippen MR) is 98.6 cm³/mol. The fourth-order valence-corrected chi connectivity index (χ4v) is 3.45. The molecule has 2 amide bonds. The number of carbonyl (C=O) groups excluding carboxylic acids is 2. The highest BCUT2D eigenvalue weighted by Gasteiger charge is 2.10. The first kappa shape index (κ1) is 18.4. The molecule has 0 unspecified atom stereocenters. The van der Waals surface area contributed by atoms with Crippen LogP contribution in [0, 0.1) is 6.92 Å². The van der Waals surface area contributed by atoms with Crippen molar-refractivity contribution in [3.8, 4) is 0 Å². The number of nitrogens with one attached hydrogen (secondary N) is 2. The fourth-order valence-electron chi connectivity index (χ4n) is 1.88. The summed E-state index contributed by atoms with van der Waals surface area (Å²) in [7, 11) is 0. The van der Waals surface area contributed by atoms with Crippen molar-refractivity contribution >= 4 is 45.7 Å². The van der Waals surface area contributed by atoms with Crippen LogP contribution in [0.1, 0.15) is 31.7 Å². The second-order valence-corrected chi connectivity index (χ2v) is 7.43. The molecule has 2 aromatic rings. The molecule has 0 aliphatic rings. The van der Waals surface area contributed by atoms with Gasteiger partial charge in [0.15, 0.2) is 4.34 Å². The van der Waals surface area contributed by atoms with Crippen LogP contribution >= 0.6 is 23.1 Å². The van der Waals surface area contributed by atoms with E-state index in [-0.39, 0.29) is 17.6 Å². The maximum atomic E-state index is 12.0. The Morgan fingerprint density at radius 2 is 2.04 bits per heavy atom. The number of thioether (sulfide) groups is 1. The number of hydrogen-bond donors (Lipinski definition) is 2. The minimum Gasteiger partial charge on any atom is -0.325 e. The van der Waals surface area contributed by atoms with Gasteiger partial charge >= 0.3 is 0 Å². The molecule has 6 nitrogen and oxygen atoms in total. The summed E-state index contributed by atoms with van der Waals surface area (Å²) in [5, 5.41) is 13.9. The first-order chi connectivity index (χ1) is 11.6. The van der Waals surface area contributed by atoms with Crippen molar-refractivity contribution in [2.45, 2.75) is 37.4 Å². The van der Waals surface area contributed by atoms with Crippen molar-refractivity contribution in [1.82, 2.24) is 10.2 Å². The van der Waals surface area contributed by atoms with E-state index in [2.05, 4.69) is 20.8 Å². The van der Waals surface area contributed by atoms with E-state index in [0.29, 0.717) is 15.9 Å². The Hall–Kier alpha value is -1.93. The van der Waals surface area contributed by atoms with E-state index in [1.165, 1.54) is 23.1 Å². The Morgan fingerprint density at radius 1 is 1.21 bits per heavy atom. The summed E-state index contributed by atoms with van der Waals surface area (Å²) in [5.74, 6) is 0.0860. The van der Waals surface area contributed by atoms with Gasteiger partial charge in [0.1, 0.15) is 0 Å². The molecule has 0 spiro atoms. The smallest absolute Gasteiger partial charge is 0.234 e. The zero-order chi connectivity index (χ0) is 17.4. The monoisotopic (exact) mass is 364 g/mol. The molecule has 0 aliphatic heterocycles. The molecule has 24 heavy (non-hydrogen) atoms. The summed E-state index contributed by atoms with van der Waals surface area (Å²) < 4.78 is 0.653. The Labute approximate surface area is 149 Å². The number of nitrogens with zero attached hydrogens (tertiary/aromatic N) is 2. The molecule has 0 bridgehead atoms. The number of aromatic nitrogens is 2. The maximum absolute atomic E-state index is 12.0. The summed E-state index contributed by atoms with van der Waals surface area (Å²) in [6.45, 7) is 4.01. The molecule has 0 saturated heterocycles. The first-order valence-corrected chi connectivity index (χ1v) is 9.49. The van der Waals surface area contributed by atoms with Crippen LogP contribution in [0.4, 0.5) is 10.8 Å².